The molecule has 0 aromatic carbocycles. The Morgan fingerprint density at radius 3 is 2.13 bits per heavy atom. The predicted molar refractivity (Wildman–Crippen MR) is 65.0 cm³/mol. The van der Waals surface area contributed by atoms with Gasteiger partial charge in [0.1, 0.15) is 0 Å². The van der Waals surface area contributed by atoms with Crippen LogP contribution in [-0.4, -0.2) is 18.7 Å². The molecule has 0 saturated heterocycles. The van der Waals surface area contributed by atoms with Crippen LogP contribution >= 0.6 is 0 Å². The van der Waals surface area contributed by atoms with Crippen molar-refractivity contribution in [2.24, 2.45) is 5.41 Å². The van der Waals surface area contributed by atoms with Gasteiger partial charge in [0.25, 0.3) is 0 Å². The van der Waals surface area contributed by atoms with E-state index in [1.807, 2.05) is 27.7 Å². The molecule has 0 fully saturated rings. The highest BCUT2D eigenvalue weighted by Crippen LogP contribution is 2.18. The van der Waals surface area contributed by atoms with Gasteiger partial charge in [0.15, 0.2) is 0 Å². The fourth-order valence-electron chi connectivity index (χ4n) is 0.630. The summed E-state index contributed by atoms with van der Waals surface area (Å²) in [5.74, 6) is 0. The quantitative estimate of drug-likeness (QED) is 0.784. The van der Waals surface area contributed by atoms with E-state index < -0.39 is 0 Å². The maximum absolute atomic E-state index is 11.1. The number of rotatable bonds is 3. The molecule has 0 aliphatic carbocycles. The van der Waals surface area contributed by atoms with Gasteiger partial charge >= 0.3 is 6.09 Å². The summed E-state index contributed by atoms with van der Waals surface area (Å²) >= 11 is 0. The van der Waals surface area contributed by atoms with Crippen molar-refractivity contribution in [3.63, 3.8) is 0 Å². The van der Waals surface area contributed by atoms with Crippen molar-refractivity contribution in [2.75, 3.05) is 6.61 Å². The van der Waals surface area contributed by atoms with Crippen molar-refractivity contribution in [1.82, 2.24) is 5.32 Å². The predicted octanol–water partition coefficient (Wildman–Crippen LogP) is 3.58. The molecule has 0 aliphatic heterocycles. The minimum absolute atomic E-state index is 0.0746. The second-order valence-electron chi connectivity index (χ2n) is 4.37. The van der Waals surface area contributed by atoms with Crippen LogP contribution < -0.4 is 5.32 Å². The summed E-state index contributed by atoms with van der Waals surface area (Å²) in [7, 11) is 0. The summed E-state index contributed by atoms with van der Waals surface area (Å²) in [6, 6.07) is 0.122. The van der Waals surface area contributed by atoms with Crippen LogP contribution in [0.3, 0.4) is 0 Å². The third-order valence-corrected chi connectivity index (χ3v) is 2.07. The summed E-state index contributed by atoms with van der Waals surface area (Å²) in [5.41, 5.74) is 0.0746. The number of amides is 1. The first-order valence-corrected chi connectivity index (χ1v) is 5.81. The minimum Gasteiger partial charge on any atom is -0.450 e. The zero-order chi connectivity index (χ0) is 12.5. The highest BCUT2D eigenvalue weighted by atomic mass is 16.5. The molecular weight excluding hydrogens is 190 g/mol. The first-order valence-electron chi connectivity index (χ1n) is 5.81. The lowest BCUT2D eigenvalue weighted by Gasteiger charge is -2.27. The summed E-state index contributed by atoms with van der Waals surface area (Å²) in [6.07, 6.45) is 0.543. The van der Waals surface area contributed by atoms with E-state index in [1.165, 1.54) is 0 Å². The summed E-state index contributed by atoms with van der Waals surface area (Å²) < 4.78 is 4.91. The Morgan fingerprint density at radius 1 is 1.33 bits per heavy atom. The van der Waals surface area contributed by atoms with Gasteiger partial charge in [0.05, 0.1) is 6.61 Å². The molecular formula is C12H27NO2. The molecule has 0 radical (unpaired) electrons. The monoisotopic (exact) mass is 217 g/mol. The second-order valence-corrected chi connectivity index (χ2v) is 4.37. The van der Waals surface area contributed by atoms with Crippen molar-refractivity contribution in [3.8, 4) is 0 Å². The second kappa shape index (κ2) is 8.57. The molecule has 3 nitrogen and oxygen atoms in total. The van der Waals surface area contributed by atoms with Crippen LogP contribution in [0, 0.1) is 5.41 Å². The molecule has 0 bridgehead atoms. The van der Waals surface area contributed by atoms with Gasteiger partial charge in [-0.3, -0.25) is 0 Å². The van der Waals surface area contributed by atoms with Gasteiger partial charge in [-0.05, 0) is 18.8 Å². The summed E-state index contributed by atoms with van der Waals surface area (Å²) in [5, 5.41) is 2.79. The topological polar surface area (TPSA) is 38.3 Å². The standard InChI is InChI=1S/C10H21NO2.C2H6/c1-6-7-13-9(12)11-8(2)10(3,4)5;1-2/h8H,6-7H2,1-5H3,(H,11,12);1-2H3. The molecule has 0 spiro atoms. The van der Waals surface area contributed by atoms with E-state index in [4.69, 9.17) is 4.74 Å². The van der Waals surface area contributed by atoms with Crippen LogP contribution in [0.5, 0.6) is 0 Å². The molecule has 1 amide bonds. The summed E-state index contributed by atoms with van der Waals surface area (Å²) in [4.78, 5) is 11.1. The Bertz CT molecular complexity index is 161. The zero-order valence-electron chi connectivity index (χ0n) is 11.3. The fourth-order valence-corrected chi connectivity index (χ4v) is 0.630. The molecule has 92 valence electrons. The first-order chi connectivity index (χ1) is 6.88. The van der Waals surface area contributed by atoms with Gasteiger partial charge in [-0.2, -0.15) is 0 Å². The molecule has 1 unspecified atom stereocenters. The Labute approximate surface area is 94.6 Å². The van der Waals surface area contributed by atoms with Crippen molar-refractivity contribution >= 4 is 6.09 Å². The molecule has 1 atom stereocenters. The maximum atomic E-state index is 11.1. The van der Waals surface area contributed by atoms with Crippen LogP contribution in [0.1, 0.15) is 54.9 Å². The molecule has 3 heteroatoms. The van der Waals surface area contributed by atoms with Crippen LogP contribution in [0.25, 0.3) is 0 Å². The molecule has 0 aromatic rings. The first kappa shape index (κ1) is 16.7. The number of nitrogens with one attached hydrogen (secondary N) is 1. The maximum Gasteiger partial charge on any atom is 0.407 e. The number of carbonyl (C=O) groups excluding carboxylic acids is 1. The number of carbonyl (C=O) groups is 1. The third kappa shape index (κ3) is 9.57. The van der Waals surface area contributed by atoms with E-state index >= 15 is 0 Å². The molecule has 0 heterocycles. The molecule has 15 heavy (non-hydrogen) atoms. The van der Waals surface area contributed by atoms with Gasteiger partial charge in [0.2, 0.25) is 0 Å². The Kier molecular flexibility index (Phi) is 9.53. The average molecular weight is 217 g/mol. The number of hydrogen-bond donors (Lipinski definition) is 1. The third-order valence-electron chi connectivity index (χ3n) is 2.07. The molecule has 0 saturated carbocycles. The van der Waals surface area contributed by atoms with E-state index in [-0.39, 0.29) is 17.6 Å². The lowest BCUT2D eigenvalue weighted by molar-refractivity contribution is 0.134. The van der Waals surface area contributed by atoms with Crippen molar-refractivity contribution in [3.05, 3.63) is 0 Å². The van der Waals surface area contributed by atoms with Crippen LogP contribution in [0.4, 0.5) is 4.79 Å². The highest BCUT2D eigenvalue weighted by molar-refractivity contribution is 5.67. The van der Waals surface area contributed by atoms with E-state index in [0.29, 0.717) is 6.61 Å². The van der Waals surface area contributed by atoms with Crippen molar-refractivity contribution in [2.45, 2.75) is 60.9 Å². The highest BCUT2D eigenvalue weighted by Gasteiger charge is 2.21. The number of alkyl carbamates (subject to hydrolysis) is 1. The minimum atomic E-state index is -0.315. The van der Waals surface area contributed by atoms with Gasteiger partial charge in [-0.25, -0.2) is 4.79 Å². The Balaban J connectivity index is 0. The fraction of sp³-hybridized carbons (Fsp3) is 0.917. The van der Waals surface area contributed by atoms with Gasteiger partial charge in [-0.1, -0.05) is 41.5 Å². The van der Waals surface area contributed by atoms with Crippen molar-refractivity contribution < 1.29 is 9.53 Å². The van der Waals surface area contributed by atoms with Gasteiger partial charge < -0.3 is 10.1 Å². The Morgan fingerprint density at radius 2 is 1.80 bits per heavy atom. The van der Waals surface area contributed by atoms with Gasteiger partial charge in [0, 0.05) is 6.04 Å². The Hall–Kier alpha value is -0.730. The normalized spacial score (nSPS) is 12.2. The van der Waals surface area contributed by atoms with Crippen LogP contribution in [0.15, 0.2) is 0 Å². The summed E-state index contributed by atoms with van der Waals surface area (Å²) in [6.45, 7) is 14.7. The number of ether oxygens (including phenoxy) is 1. The SMILES string of the molecule is CC.CCCOC(=O)NC(C)C(C)(C)C. The molecule has 0 rings (SSSR count). The largest absolute Gasteiger partial charge is 0.450 e. The molecule has 0 aromatic heterocycles. The lowest BCUT2D eigenvalue weighted by atomic mass is 9.88. The lowest BCUT2D eigenvalue weighted by Crippen LogP contribution is -2.41. The van der Waals surface area contributed by atoms with Crippen LogP contribution in [0.2, 0.25) is 0 Å². The average Bonchev–Trinajstić information content (AvgIpc) is 2.16. The van der Waals surface area contributed by atoms with E-state index in [9.17, 15) is 4.79 Å². The molecule has 0 aliphatic rings. The van der Waals surface area contributed by atoms with E-state index in [1.54, 1.807) is 0 Å². The zero-order valence-corrected chi connectivity index (χ0v) is 11.3. The number of hydrogen-bond acceptors (Lipinski definition) is 2. The smallest absolute Gasteiger partial charge is 0.407 e. The van der Waals surface area contributed by atoms with E-state index in [2.05, 4.69) is 26.1 Å². The molecule has 1 N–H and O–H groups in total. The van der Waals surface area contributed by atoms with Gasteiger partial charge in [-0.15, -0.1) is 0 Å². The van der Waals surface area contributed by atoms with Crippen molar-refractivity contribution in [1.29, 1.82) is 0 Å². The van der Waals surface area contributed by atoms with E-state index in [0.717, 1.165) is 6.42 Å². The van der Waals surface area contributed by atoms with Crippen LogP contribution in [-0.2, 0) is 4.74 Å².